The molecule has 1 spiro atoms. The van der Waals surface area contributed by atoms with Crippen LogP contribution in [-0.2, 0) is 19.1 Å². The molecular weight excluding hydrogens is 581 g/mol. The standard InChI is InChI=1S/C36H43F3N2O4/c1-22(2)20-41(21-25-12-13-25)17-16-34-27-10-7-11-31(34)45-35(15-14-30(44-23(3)42)26(32(34)35)19-29(27)41)40-33(43)28(36(37,38)39)18-24-8-5-4-6-9-24/h4-6,8-9,14-15,18,22,25,27,29,31-32H,7,10-13,16-17,19-21H2,1-3H3/p+1/t27-,29+,31-,32?,34+,35?,41?/m0/s1. The van der Waals surface area contributed by atoms with Crippen LogP contribution in [0.25, 0.3) is 6.08 Å². The Balaban J connectivity index is 1.33. The highest BCUT2D eigenvalue weighted by Crippen LogP contribution is 2.70. The summed E-state index contributed by atoms with van der Waals surface area (Å²) >= 11 is 0. The van der Waals surface area contributed by atoms with Crippen molar-refractivity contribution < 1.29 is 36.7 Å². The molecule has 45 heavy (non-hydrogen) atoms. The molecule has 1 amide bonds. The van der Waals surface area contributed by atoms with Crippen molar-refractivity contribution in [1.29, 1.82) is 0 Å². The number of halogens is 3. The van der Waals surface area contributed by atoms with E-state index in [9.17, 15) is 22.8 Å². The number of piperidine rings is 1. The van der Waals surface area contributed by atoms with Gasteiger partial charge >= 0.3 is 12.1 Å². The zero-order chi connectivity index (χ0) is 31.8. The van der Waals surface area contributed by atoms with E-state index < -0.39 is 35.3 Å². The number of alkyl halides is 3. The van der Waals surface area contributed by atoms with Crippen molar-refractivity contribution in [2.75, 3.05) is 19.6 Å². The molecule has 1 aromatic rings. The minimum absolute atomic E-state index is 0.213. The number of amides is 1. The fourth-order valence-corrected chi connectivity index (χ4v) is 10.2. The zero-order valence-corrected chi connectivity index (χ0v) is 26.4. The second-order valence-corrected chi connectivity index (χ2v) is 14.9. The molecular formula is C36H44F3N2O4+. The van der Waals surface area contributed by atoms with Gasteiger partial charge in [-0.2, -0.15) is 13.2 Å². The third-order valence-electron chi connectivity index (χ3n) is 11.6. The number of carbonyl (C=O) groups excluding carboxylic acids is 2. The molecule has 0 aromatic heterocycles. The molecule has 2 saturated heterocycles. The van der Waals surface area contributed by atoms with E-state index in [1.807, 2.05) is 0 Å². The molecule has 7 atom stereocenters. The highest BCUT2D eigenvalue weighted by molar-refractivity contribution is 5.99. The van der Waals surface area contributed by atoms with Crippen LogP contribution in [0.2, 0.25) is 0 Å². The molecule has 6 aliphatic rings. The molecule has 2 aliphatic heterocycles. The second-order valence-electron chi connectivity index (χ2n) is 14.9. The van der Waals surface area contributed by atoms with E-state index in [-0.39, 0.29) is 17.1 Å². The number of hydrogen-bond donors (Lipinski definition) is 1. The average molecular weight is 626 g/mol. The predicted octanol–water partition coefficient (Wildman–Crippen LogP) is 6.69. The first kappa shape index (κ1) is 30.7. The van der Waals surface area contributed by atoms with Crippen molar-refractivity contribution in [2.45, 2.75) is 89.8 Å². The first-order chi connectivity index (χ1) is 21.4. The lowest BCUT2D eigenvalue weighted by Crippen LogP contribution is -2.73. The van der Waals surface area contributed by atoms with Gasteiger partial charge < -0.3 is 19.3 Å². The van der Waals surface area contributed by atoms with Crippen LogP contribution in [0.15, 0.2) is 59.4 Å². The molecule has 5 fully saturated rings. The van der Waals surface area contributed by atoms with Gasteiger partial charge in [-0.25, -0.2) is 0 Å². The molecule has 0 radical (unpaired) electrons. The van der Waals surface area contributed by atoms with Gasteiger partial charge in [-0.1, -0.05) is 50.6 Å². The minimum Gasteiger partial charge on any atom is -0.427 e. The van der Waals surface area contributed by atoms with Crippen molar-refractivity contribution in [3.8, 4) is 0 Å². The van der Waals surface area contributed by atoms with E-state index >= 15 is 0 Å². The zero-order valence-electron chi connectivity index (χ0n) is 26.4. The van der Waals surface area contributed by atoms with E-state index in [0.717, 1.165) is 67.4 Å². The highest BCUT2D eigenvalue weighted by atomic mass is 19.4. The predicted molar refractivity (Wildman–Crippen MR) is 163 cm³/mol. The van der Waals surface area contributed by atoms with E-state index in [1.54, 1.807) is 42.5 Å². The number of ether oxygens (including phenoxy) is 2. The Hall–Kier alpha value is -2.91. The molecule has 3 unspecified atom stereocenters. The minimum atomic E-state index is -4.87. The molecule has 1 aromatic carbocycles. The fourth-order valence-electron chi connectivity index (χ4n) is 10.2. The van der Waals surface area contributed by atoms with E-state index in [2.05, 4.69) is 19.2 Å². The van der Waals surface area contributed by atoms with Crippen LogP contribution in [-0.4, -0.2) is 60.0 Å². The summed E-state index contributed by atoms with van der Waals surface area (Å²) in [6.07, 6.45) is 6.04. The van der Waals surface area contributed by atoms with Gasteiger partial charge in [-0.15, -0.1) is 0 Å². The van der Waals surface area contributed by atoms with Gasteiger partial charge in [0.2, 0.25) is 0 Å². The van der Waals surface area contributed by atoms with Crippen LogP contribution in [0.3, 0.4) is 0 Å². The van der Waals surface area contributed by atoms with Crippen LogP contribution < -0.4 is 5.32 Å². The van der Waals surface area contributed by atoms with Crippen molar-refractivity contribution in [3.63, 3.8) is 0 Å². The van der Waals surface area contributed by atoms with E-state index in [0.29, 0.717) is 30.1 Å². The number of rotatable bonds is 8. The van der Waals surface area contributed by atoms with Crippen molar-refractivity contribution >= 4 is 18.0 Å². The molecule has 7 rings (SSSR count). The number of benzene rings is 1. The first-order valence-corrected chi connectivity index (χ1v) is 16.7. The molecule has 4 aliphatic carbocycles. The maximum Gasteiger partial charge on any atom is 0.421 e. The Morgan fingerprint density at radius 2 is 1.91 bits per heavy atom. The lowest BCUT2D eigenvalue weighted by molar-refractivity contribution is -0.968. The summed E-state index contributed by atoms with van der Waals surface area (Å²) in [7, 11) is 0. The highest BCUT2D eigenvalue weighted by Gasteiger charge is 2.76. The topological polar surface area (TPSA) is 64.6 Å². The van der Waals surface area contributed by atoms with E-state index in [4.69, 9.17) is 9.47 Å². The summed E-state index contributed by atoms with van der Waals surface area (Å²) in [5.74, 6) is -0.0303. The Labute approximate surface area is 263 Å². The normalized spacial score (nSPS) is 37.0. The summed E-state index contributed by atoms with van der Waals surface area (Å²) < 4.78 is 57.1. The lowest BCUT2D eigenvalue weighted by Gasteiger charge is -2.65. The molecule has 2 heterocycles. The van der Waals surface area contributed by atoms with Crippen LogP contribution in [0.5, 0.6) is 0 Å². The number of hydrogen-bond acceptors (Lipinski definition) is 4. The number of allylic oxidation sites excluding steroid dienone is 1. The number of quaternary nitrogens is 1. The van der Waals surface area contributed by atoms with Gasteiger partial charge in [0.1, 0.15) is 11.3 Å². The quantitative estimate of drug-likeness (QED) is 0.199. The number of likely N-dealkylation sites (tertiary alicyclic amines) is 1. The Morgan fingerprint density at radius 3 is 2.58 bits per heavy atom. The van der Waals surface area contributed by atoms with Crippen LogP contribution in [0.1, 0.15) is 71.3 Å². The van der Waals surface area contributed by atoms with Gasteiger partial charge in [0.25, 0.3) is 5.91 Å². The summed E-state index contributed by atoms with van der Waals surface area (Å²) in [5, 5.41) is 2.81. The van der Waals surface area contributed by atoms with Crippen LogP contribution in [0, 0.1) is 29.1 Å². The number of esters is 1. The van der Waals surface area contributed by atoms with E-state index in [1.165, 1.54) is 19.8 Å². The monoisotopic (exact) mass is 625 g/mol. The van der Waals surface area contributed by atoms with Gasteiger partial charge in [0.05, 0.1) is 31.8 Å². The maximum absolute atomic E-state index is 14.4. The molecule has 9 heteroatoms. The summed E-state index contributed by atoms with van der Waals surface area (Å²) in [4.78, 5) is 26.1. The fraction of sp³-hybridized carbons (Fsp3) is 0.611. The molecule has 6 nitrogen and oxygen atoms in total. The van der Waals surface area contributed by atoms with Crippen LogP contribution in [0.4, 0.5) is 13.2 Å². The Bertz CT molecular complexity index is 1460. The first-order valence-electron chi connectivity index (χ1n) is 16.7. The smallest absolute Gasteiger partial charge is 0.421 e. The maximum atomic E-state index is 14.4. The number of nitrogens with one attached hydrogen (secondary N) is 1. The largest absolute Gasteiger partial charge is 0.427 e. The SMILES string of the molecule is CC(=O)OC1=C2C[C@@H]3[C@@H]4CCC[C@@H]5OC(NC(=O)C(=Cc6ccccc6)C(F)(F)F)(C=C1)C2[C@@]54CC[N+]3(CC(C)C)CC1CC1. The van der Waals surface area contributed by atoms with Crippen LogP contribution >= 0.6 is 0 Å². The van der Waals surface area contributed by atoms with Gasteiger partial charge in [-0.05, 0) is 55.0 Å². The average Bonchev–Trinajstić information content (AvgIpc) is 3.73. The van der Waals surface area contributed by atoms with Crippen molar-refractivity contribution in [1.82, 2.24) is 5.32 Å². The lowest BCUT2D eigenvalue weighted by atomic mass is 9.46. The van der Waals surface area contributed by atoms with Crippen molar-refractivity contribution in [2.24, 2.45) is 29.1 Å². The number of carbonyl (C=O) groups is 2. The summed E-state index contributed by atoms with van der Waals surface area (Å²) in [6.45, 7) is 9.19. The number of nitrogens with zero attached hydrogens (tertiary/aromatic N) is 1. The Morgan fingerprint density at radius 1 is 1.16 bits per heavy atom. The van der Waals surface area contributed by atoms with Crippen molar-refractivity contribution in [3.05, 3.63) is 65.0 Å². The molecule has 242 valence electrons. The third kappa shape index (κ3) is 5.09. The van der Waals surface area contributed by atoms with Gasteiger partial charge in [0, 0.05) is 48.9 Å². The molecule has 1 N–H and O–H groups in total. The Kier molecular flexibility index (Phi) is 7.40. The van der Waals surface area contributed by atoms with Gasteiger partial charge in [-0.3, -0.25) is 9.59 Å². The third-order valence-corrected chi connectivity index (χ3v) is 11.6. The summed E-state index contributed by atoms with van der Waals surface area (Å²) in [6, 6.07) is 8.39. The summed E-state index contributed by atoms with van der Waals surface area (Å²) in [5.41, 5.74) is -1.88. The molecule has 2 bridgehead atoms. The van der Waals surface area contributed by atoms with Gasteiger partial charge in [0.15, 0.2) is 5.72 Å². The molecule has 3 saturated carbocycles. The second kappa shape index (κ2) is 10.8.